The number of rotatable bonds is 1. The lowest BCUT2D eigenvalue weighted by Crippen LogP contribution is -2.34. The highest BCUT2D eigenvalue weighted by Crippen LogP contribution is 2.21. The molecule has 1 aromatic rings. The van der Waals surface area contributed by atoms with Crippen molar-refractivity contribution < 1.29 is 4.79 Å². The minimum atomic E-state index is 0.382. The molecule has 0 saturated carbocycles. The van der Waals surface area contributed by atoms with Crippen LogP contribution in [0.15, 0.2) is 18.5 Å². The van der Waals surface area contributed by atoms with E-state index in [4.69, 9.17) is 0 Å². The van der Waals surface area contributed by atoms with E-state index in [1.807, 2.05) is 12.3 Å². The average molecular weight is 190 g/mol. The van der Waals surface area contributed by atoms with Crippen LogP contribution < -0.4 is 4.90 Å². The van der Waals surface area contributed by atoms with E-state index in [9.17, 15) is 4.79 Å². The van der Waals surface area contributed by atoms with E-state index in [0.717, 1.165) is 13.1 Å². The summed E-state index contributed by atoms with van der Waals surface area (Å²) in [4.78, 5) is 17.4. The molecule has 14 heavy (non-hydrogen) atoms. The van der Waals surface area contributed by atoms with E-state index in [1.165, 1.54) is 11.3 Å². The maximum absolute atomic E-state index is 11.1. The third-order valence-corrected chi connectivity index (χ3v) is 2.65. The van der Waals surface area contributed by atoms with Gasteiger partial charge in [-0.2, -0.15) is 0 Å². The summed E-state index contributed by atoms with van der Waals surface area (Å²) in [5, 5.41) is 0. The lowest BCUT2D eigenvalue weighted by Gasteiger charge is -2.29. The van der Waals surface area contributed by atoms with Crippen LogP contribution in [-0.4, -0.2) is 23.9 Å². The Bertz CT molecular complexity index is 339. The standard InChI is InChI=1S/C11H14N2O/c1-9-8-12-5-2-11(9)13-6-3-10(14)4-7-13/h2,5,8H,3-4,6-7H2,1H3. The lowest BCUT2D eigenvalue weighted by molar-refractivity contribution is -0.119. The van der Waals surface area contributed by atoms with Crippen LogP contribution in [-0.2, 0) is 4.79 Å². The highest BCUT2D eigenvalue weighted by atomic mass is 16.1. The molecule has 1 aromatic heterocycles. The number of anilines is 1. The highest BCUT2D eigenvalue weighted by molar-refractivity contribution is 5.81. The molecule has 0 unspecified atom stereocenters. The van der Waals surface area contributed by atoms with Gasteiger partial charge in [-0.05, 0) is 18.6 Å². The first-order valence-electron chi connectivity index (χ1n) is 4.94. The average Bonchev–Trinajstić information content (AvgIpc) is 2.20. The van der Waals surface area contributed by atoms with Gasteiger partial charge in [0.05, 0.1) is 0 Å². The second kappa shape index (κ2) is 3.78. The van der Waals surface area contributed by atoms with E-state index in [2.05, 4.69) is 16.8 Å². The van der Waals surface area contributed by atoms with Gasteiger partial charge < -0.3 is 4.90 Å². The van der Waals surface area contributed by atoms with Gasteiger partial charge in [0.15, 0.2) is 0 Å². The van der Waals surface area contributed by atoms with Crippen molar-refractivity contribution in [3.8, 4) is 0 Å². The molecule has 0 aromatic carbocycles. The molecule has 1 aliphatic heterocycles. The van der Waals surface area contributed by atoms with Gasteiger partial charge in [-0.1, -0.05) is 0 Å². The number of pyridine rings is 1. The zero-order valence-corrected chi connectivity index (χ0v) is 8.36. The molecule has 0 amide bonds. The van der Waals surface area contributed by atoms with Gasteiger partial charge in [0, 0.05) is 44.0 Å². The minimum absolute atomic E-state index is 0.382. The van der Waals surface area contributed by atoms with Gasteiger partial charge >= 0.3 is 0 Å². The Morgan fingerprint density at radius 2 is 2.07 bits per heavy atom. The summed E-state index contributed by atoms with van der Waals surface area (Å²) >= 11 is 0. The summed E-state index contributed by atoms with van der Waals surface area (Å²) in [6.45, 7) is 3.76. The van der Waals surface area contributed by atoms with E-state index >= 15 is 0 Å². The van der Waals surface area contributed by atoms with E-state index < -0.39 is 0 Å². The molecule has 0 aliphatic carbocycles. The number of piperidine rings is 1. The van der Waals surface area contributed by atoms with Crippen molar-refractivity contribution in [2.75, 3.05) is 18.0 Å². The number of hydrogen-bond donors (Lipinski definition) is 0. The number of carbonyl (C=O) groups is 1. The molecule has 0 atom stereocenters. The van der Waals surface area contributed by atoms with Gasteiger partial charge in [0.25, 0.3) is 0 Å². The Morgan fingerprint density at radius 3 is 2.71 bits per heavy atom. The second-order valence-electron chi connectivity index (χ2n) is 3.69. The Labute approximate surface area is 83.8 Å². The number of hydrogen-bond acceptors (Lipinski definition) is 3. The van der Waals surface area contributed by atoms with E-state index in [0.29, 0.717) is 18.6 Å². The summed E-state index contributed by atoms with van der Waals surface area (Å²) in [7, 11) is 0. The van der Waals surface area contributed by atoms with Crippen LogP contribution in [0.4, 0.5) is 5.69 Å². The SMILES string of the molecule is Cc1cnccc1N1CCC(=O)CC1. The second-order valence-corrected chi connectivity index (χ2v) is 3.69. The van der Waals surface area contributed by atoms with Crippen LogP contribution in [0.2, 0.25) is 0 Å². The van der Waals surface area contributed by atoms with Crippen LogP contribution in [0.1, 0.15) is 18.4 Å². The first-order valence-corrected chi connectivity index (χ1v) is 4.94. The Morgan fingerprint density at radius 1 is 1.36 bits per heavy atom. The summed E-state index contributed by atoms with van der Waals surface area (Å²) in [6.07, 6.45) is 5.04. The van der Waals surface area contributed by atoms with E-state index in [1.54, 1.807) is 6.20 Å². The largest absolute Gasteiger partial charge is 0.370 e. The molecule has 1 fully saturated rings. The monoisotopic (exact) mass is 190 g/mol. The molecular weight excluding hydrogens is 176 g/mol. The maximum Gasteiger partial charge on any atom is 0.136 e. The molecule has 3 heteroatoms. The van der Waals surface area contributed by atoms with Crippen molar-refractivity contribution in [1.29, 1.82) is 0 Å². The fourth-order valence-corrected chi connectivity index (χ4v) is 1.82. The first kappa shape index (κ1) is 9.19. The van der Waals surface area contributed by atoms with Crippen LogP contribution >= 0.6 is 0 Å². The molecule has 3 nitrogen and oxygen atoms in total. The zero-order chi connectivity index (χ0) is 9.97. The Balaban J connectivity index is 2.16. The third-order valence-electron chi connectivity index (χ3n) is 2.65. The fraction of sp³-hybridized carbons (Fsp3) is 0.455. The summed E-state index contributed by atoms with van der Waals surface area (Å²) in [6, 6.07) is 2.02. The molecule has 0 radical (unpaired) electrons. The quantitative estimate of drug-likeness (QED) is 0.673. The third kappa shape index (κ3) is 1.76. The number of aryl methyl sites for hydroxylation is 1. The molecule has 1 aliphatic rings. The molecule has 74 valence electrons. The molecule has 0 bridgehead atoms. The Hall–Kier alpha value is -1.38. The number of Topliss-reactive ketones (excluding diaryl/α,β-unsaturated/α-hetero) is 1. The van der Waals surface area contributed by atoms with Gasteiger partial charge in [-0.3, -0.25) is 9.78 Å². The topological polar surface area (TPSA) is 33.2 Å². The summed E-state index contributed by atoms with van der Waals surface area (Å²) < 4.78 is 0. The molecule has 2 heterocycles. The van der Waals surface area contributed by atoms with Crippen molar-refractivity contribution in [2.45, 2.75) is 19.8 Å². The van der Waals surface area contributed by atoms with Crippen LogP contribution in [0.5, 0.6) is 0 Å². The Kier molecular flexibility index (Phi) is 2.48. The molecule has 0 spiro atoms. The lowest BCUT2D eigenvalue weighted by atomic mass is 10.1. The van der Waals surface area contributed by atoms with Crippen molar-refractivity contribution in [2.24, 2.45) is 0 Å². The first-order chi connectivity index (χ1) is 6.77. The number of aromatic nitrogens is 1. The normalized spacial score (nSPS) is 17.2. The smallest absolute Gasteiger partial charge is 0.136 e. The number of nitrogens with zero attached hydrogens (tertiary/aromatic N) is 2. The minimum Gasteiger partial charge on any atom is -0.370 e. The maximum atomic E-state index is 11.1. The summed E-state index contributed by atoms with van der Waals surface area (Å²) in [5.41, 5.74) is 2.40. The number of ketones is 1. The molecule has 1 saturated heterocycles. The summed E-state index contributed by atoms with van der Waals surface area (Å²) in [5.74, 6) is 0.382. The van der Waals surface area contributed by atoms with Crippen LogP contribution in [0.25, 0.3) is 0 Å². The van der Waals surface area contributed by atoms with Gasteiger partial charge in [-0.25, -0.2) is 0 Å². The number of carbonyl (C=O) groups excluding carboxylic acids is 1. The van der Waals surface area contributed by atoms with E-state index in [-0.39, 0.29) is 0 Å². The van der Waals surface area contributed by atoms with Crippen molar-refractivity contribution in [1.82, 2.24) is 4.98 Å². The zero-order valence-electron chi connectivity index (χ0n) is 8.36. The van der Waals surface area contributed by atoms with Crippen LogP contribution in [0, 0.1) is 6.92 Å². The van der Waals surface area contributed by atoms with Crippen molar-refractivity contribution >= 4 is 11.5 Å². The van der Waals surface area contributed by atoms with Crippen molar-refractivity contribution in [3.05, 3.63) is 24.0 Å². The highest BCUT2D eigenvalue weighted by Gasteiger charge is 2.17. The van der Waals surface area contributed by atoms with Crippen molar-refractivity contribution in [3.63, 3.8) is 0 Å². The molecule has 2 rings (SSSR count). The predicted octanol–water partition coefficient (Wildman–Crippen LogP) is 1.56. The predicted molar refractivity (Wildman–Crippen MR) is 55.4 cm³/mol. The van der Waals surface area contributed by atoms with Gasteiger partial charge in [0.2, 0.25) is 0 Å². The van der Waals surface area contributed by atoms with Gasteiger partial charge in [0.1, 0.15) is 5.78 Å². The van der Waals surface area contributed by atoms with Crippen LogP contribution in [0.3, 0.4) is 0 Å². The molecule has 0 N–H and O–H groups in total. The fourth-order valence-electron chi connectivity index (χ4n) is 1.82. The molecular formula is C11H14N2O. The van der Waals surface area contributed by atoms with Gasteiger partial charge in [-0.15, -0.1) is 0 Å².